The molecule has 0 aromatic heterocycles. The van der Waals surface area contributed by atoms with Gasteiger partial charge in [0.1, 0.15) is 5.60 Å². The molecule has 0 radical (unpaired) electrons. The Kier molecular flexibility index (Phi) is 6.22. The fraction of sp³-hybridized carbons (Fsp3) is 0.579. The zero-order valence-corrected chi connectivity index (χ0v) is 14.7. The Morgan fingerprint density at radius 2 is 1.92 bits per heavy atom. The molecule has 0 unspecified atom stereocenters. The molecule has 2 rings (SSSR count). The van der Waals surface area contributed by atoms with E-state index in [9.17, 15) is 4.79 Å². The molecule has 1 saturated carbocycles. The number of rotatable bonds is 4. The molecule has 1 N–H and O–H groups in total. The van der Waals surface area contributed by atoms with E-state index < -0.39 is 5.60 Å². The summed E-state index contributed by atoms with van der Waals surface area (Å²) in [5.74, 6) is 0. The van der Waals surface area contributed by atoms with Gasteiger partial charge in [-0.3, -0.25) is 0 Å². The maximum absolute atomic E-state index is 12.0. The Hall–Kier alpha value is -2.06. The van der Waals surface area contributed by atoms with Crippen LogP contribution in [0.4, 0.5) is 4.79 Å². The maximum atomic E-state index is 12.0. The molecule has 0 heterocycles. The van der Waals surface area contributed by atoms with Gasteiger partial charge in [0.2, 0.25) is 0 Å². The Morgan fingerprint density at radius 3 is 2.54 bits per heavy atom. The number of benzene rings is 1. The predicted octanol–water partition coefficient (Wildman–Crippen LogP) is 3.91. The monoisotopic (exact) mass is 330 g/mol. The Balaban J connectivity index is 1.89. The number of carbonyl (C=O) groups excluding carboxylic acids is 1. The molecule has 0 bridgehead atoms. The first-order valence-electron chi connectivity index (χ1n) is 8.47. The fourth-order valence-electron chi connectivity index (χ4n) is 2.80. The number of nitrogens with one attached hydrogen (secondary N) is 1. The third kappa shape index (κ3) is 5.86. The molecule has 0 spiro atoms. The van der Waals surface area contributed by atoms with E-state index in [1.807, 2.05) is 32.9 Å². The topological polar surface area (TPSA) is 71.3 Å². The van der Waals surface area contributed by atoms with Crippen LogP contribution in [-0.2, 0) is 16.1 Å². The van der Waals surface area contributed by atoms with E-state index in [4.69, 9.17) is 14.7 Å². The highest BCUT2D eigenvalue weighted by Crippen LogP contribution is 2.23. The molecule has 1 aromatic rings. The summed E-state index contributed by atoms with van der Waals surface area (Å²) < 4.78 is 11.4. The second-order valence-electron chi connectivity index (χ2n) is 7.20. The normalized spacial score (nSPS) is 20.9. The minimum Gasteiger partial charge on any atom is -0.444 e. The van der Waals surface area contributed by atoms with Crippen LogP contribution in [0.2, 0.25) is 0 Å². The largest absolute Gasteiger partial charge is 0.444 e. The van der Waals surface area contributed by atoms with Crippen molar-refractivity contribution in [1.29, 1.82) is 5.26 Å². The third-order valence-corrected chi connectivity index (χ3v) is 3.95. The Bertz CT molecular complexity index is 584. The smallest absolute Gasteiger partial charge is 0.407 e. The lowest BCUT2D eigenvalue weighted by atomic mass is 9.92. The van der Waals surface area contributed by atoms with E-state index in [-0.39, 0.29) is 18.2 Å². The molecule has 2 atom stereocenters. The van der Waals surface area contributed by atoms with Crippen LogP contribution in [0.1, 0.15) is 57.6 Å². The van der Waals surface area contributed by atoms with Gasteiger partial charge in [-0.1, -0.05) is 25.0 Å². The van der Waals surface area contributed by atoms with Crippen LogP contribution in [0.15, 0.2) is 24.3 Å². The fourth-order valence-corrected chi connectivity index (χ4v) is 2.80. The summed E-state index contributed by atoms with van der Waals surface area (Å²) >= 11 is 0. The van der Waals surface area contributed by atoms with Crippen molar-refractivity contribution in [2.24, 2.45) is 0 Å². The van der Waals surface area contributed by atoms with Crippen LogP contribution in [0.25, 0.3) is 0 Å². The Labute approximate surface area is 144 Å². The molecule has 1 aliphatic rings. The average Bonchev–Trinajstić information content (AvgIpc) is 2.53. The van der Waals surface area contributed by atoms with Crippen molar-refractivity contribution in [3.05, 3.63) is 35.4 Å². The number of amides is 1. The summed E-state index contributed by atoms with van der Waals surface area (Å²) in [6.07, 6.45) is 3.61. The summed E-state index contributed by atoms with van der Waals surface area (Å²) in [5.41, 5.74) is 1.16. The lowest BCUT2D eigenvalue weighted by Gasteiger charge is -2.32. The van der Waals surface area contributed by atoms with Crippen molar-refractivity contribution in [2.75, 3.05) is 0 Å². The highest BCUT2D eigenvalue weighted by molar-refractivity contribution is 5.68. The van der Waals surface area contributed by atoms with Crippen LogP contribution in [-0.4, -0.2) is 23.8 Å². The lowest BCUT2D eigenvalue weighted by molar-refractivity contribution is -0.0113. The minimum atomic E-state index is -0.502. The quantitative estimate of drug-likeness (QED) is 0.908. The second-order valence-corrected chi connectivity index (χ2v) is 7.20. The molecule has 1 amide bonds. The molecule has 5 nitrogen and oxygen atoms in total. The van der Waals surface area contributed by atoms with E-state index in [1.54, 1.807) is 12.1 Å². The van der Waals surface area contributed by atoms with Gasteiger partial charge in [0.25, 0.3) is 0 Å². The number of nitriles is 1. The highest BCUT2D eigenvalue weighted by atomic mass is 16.6. The maximum Gasteiger partial charge on any atom is 0.407 e. The predicted molar refractivity (Wildman–Crippen MR) is 91.4 cm³/mol. The molecule has 1 aliphatic carbocycles. The number of carbonyl (C=O) groups is 1. The molecule has 0 aliphatic heterocycles. The van der Waals surface area contributed by atoms with E-state index in [2.05, 4.69) is 11.4 Å². The number of hydrogen-bond donors (Lipinski definition) is 1. The van der Waals surface area contributed by atoms with Gasteiger partial charge < -0.3 is 14.8 Å². The first kappa shape index (κ1) is 18.3. The molecular formula is C19H26N2O3. The minimum absolute atomic E-state index is 0.0121. The number of nitrogens with zero attached hydrogens (tertiary/aromatic N) is 1. The first-order chi connectivity index (χ1) is 11.4. The van der Waals surface area contributed by atoms with Crippen molar-refractivity contribution in [3.8, 4) is 6.07 Å². The SMILES string of the molecule is CC(C)(C)OC(=O)N[C@@H]1CCCC[C@H]1OCc1ccc(C#N)cc1. The highest BCUT2D eigenvalue weighted by Gasteiger charge is 2.29. The summed E-state index contributed by atoms with van der Waals surface area (Å²) in [7, 11) is 0. The molecule has 24 heavy (non-hydrogen) atoms. The van der Waals surface area contributed by atoms with Gasteiger partial charge in [-0.05, 0) is 51.3 Å². The van der Waals surface area contributed by atoms with E-state index >= 15 is 0 Å². The van der Waals surface area contributed by atoms with Crippen LogP contribution < -0.4 is 5.32 Å². The number of hydrogen-bond acceptors (Lipinski definition) is 4. The standard InChI is InChI=1S/C19H26N2O3/c1-19(2,3)24-18(22)21-16-6-4-5-7-17(16)23-13-15-10-8-14(12-20)9-11-15/h8-11,16-17H,4-7,13H2,1-3H3,(H,21,22)/t16-,17-/m1/s1. The zero-order valence-electron chi connectivity index (χ0n) is 14.7. The van der Waals surface area contributed by atoms with Crippen molar-refractivity contribution in [3.63, 3.8) is 0 Å². The van der Waals surface area contributed by atoms with Crippen molar-refractivity contribution in [1.82, 2.24) is 5.32 Å². The molecule has 0 saturated heterocycles. The van der Waals surface area contributed by atoms with Crippen LogP contribution in [0, 0.1) is 11.3 Å². The van der Waals surface area contributed by atoms with Gasteiger partial charge in [0, 0.05) is 0 Å². The summed E-state index contributed by atoms with van der Waals surface area (Å²) in [5, 5.41) is 11.8. The van der Waals surface area contributed by atoms with Crippen LogP contribution in [0.3, 0.4) is 0 Å². The number of alkyl carbamates (subject to hydrolysis) is 1. The van der Waals surface area contributed by atoms with Crippen LogP contribution in [0.5, 0.6) is 0 Å². The zero-order chi connectivity index (χ0) is 17.6. The average molecular weight is 330 g/mol. The van der Waals surface area contributed by atoms with Crippen LogP contribution >= 0.6 is 0 Å². The van der Waals surface area contributed by atoms with E-state index in [1.165, 1.54) is 0 Å². The van der Waals surface area contributed by atoms with E-state index in [0.29, 0.717) is 12.2 Å². The van der Waals surface area contributed by atoms with Gasteiger partial charge in [-0.15, -0.1) is 0 Å². The number of ether oxygens (including phenoxy) is 2. The summed E-state index contributed by atoms with van der Waals surface area (Å²) in [4.78, 5) is 12.0. The van der Waals surface area contributed by atoms with Crippen molar-refractivity contribution in [2.45, 2.75) is 70.8 Å². The van der Waals surface area contributed by atoms with Gasteiger partial charge in [-0.2, -0.15) is 5.26 Å². The lowest BCUT2D eigenvalue weighted by Crippen LogP contribution is -2.47. The third-order valence-electron chi connectivity index (χ3n) is 3.95. The summed E-state index contributed by atoms with van der Waals surface area (Å²) in [6.45, 7) is 6.04. The molecule has 1 fully saturated rings. The van der Waals surface area contributed by atoms with Crippen molar-refractivity contribution < 1.29 is 14.3 Å². The van der Waals surface area contributed by atoms with E-state index in [0.717, 1.165) is 31.2 Å². The summed E-state index contributed by atoms with van der Waals surface area (Å²) in [6, 6.07) is 9.46. The molecule has 130 valence electrons. The van der Waals surface area contributed by atoms with Crippen molar-refractivity contribution >= 4 is 6.09 Å². The van der Waals surface area contributed by atoms with Gasteiger partial charge in [0.05, 0.1) is 30.4 Å². The Morgan fingerprint density at radius 1 is 1.25 bits per heavy atom. The second kappa shape index (κ2) is 8.16. The first-order valence-corrected chi connectivity index (χ1v) is 8.47. The van der Waals surface area contributed by atoms with Gasteiger partial charge >= 0.3 is 6.09 Å². The molecule has 5 heteroatoms. The molecular weight excluding hydrogens is 304 g/mol. The van der Waals surface area contributed by atoms with Gasteiger partial charge in [0.15, 0.2) is 0 Å². The molecule has 1 aromatic carbocycles. The van der Waals surface area contributed by atoms with Gasteiger partial charge in [-0.25, -0.2) is 4.79 Å².